The molecule has 1 amide bonds. The molecule has 1 aliphatic rings. The molecule has 1 unspecified atom stereocenters. The second-order valence-corrected chi connectivity index (χ2v) is 6.83. The van der Waals surface area contributed by atoms with Crippen molar-refractivity contribution >= 4 is 22.8 Å². The number of furan rings is 1. The monoisotopic (exact) mass is 363 g/mol. The van der Waals surface area contributed by atoms with E-state index in [0.717, 1.165) is 17.4 Å². The van der Waals surface area contributed by atoms with Crippen LogP contribution < -0.4 is 0 Å². The summed E-state index contributed by atoms with van der Waals surface area (Å²) in [4.78, 5) is 26.3. The Balaban J connectivity index is 1.29. The quantitative estimate of drug-likeness (QED) is 0.628. The highest BCUT2D eigenvalue weighted by atomic mass is 16.5. The summed E-state index contributed by atoms with van der Waals surface area (Å²) in [5.74, 6) is -0.130. The number of carbonyl (C=O) groups excluding carboxylic acids is 2. The van der Waals surface area contributed by atoms with Crippen LogP contribution in [0.15, 0.2) is 65.1 Å². The van der Waals surface area contributed by atoms with E-state index in [9.17, 15) is 9.59 Å². The van der Waals surface area contributed by atoms with Crippen LogP contribution in [0, 0.1) is 5.92 Å². The minimum absolute atomic E-state index is 0.0108. The number of carbonyl (C=O) groups is 2. The number of esters is 1. The van der Waals surface area contributed by atoms with Gasteiger partial charge in [-0.05, 0) is 24.1 Å². The van der Waals surface area contributed by atoms with Gasteiger partial charge in [0.1, 0.15) is 18.0 Å². The number of amides is 1. The van der Waals surface area contributed by atoms with E-state index in [1.54, 1.807) is 4.90 Å². The molecule has 1 atom stereocenters. The van der Waals surface area contributed by atoms with E-state index in [0.29, 0.717) is 18.8 Å². The Morgan fingerprint density at radius 2 is 1.89 bits per heavy atom. The fourth-order valence-corrected chi connectivity index (χ4v) is 3.42. The van der Waals surface area contributed by atoms with Crippen molar-refractivity contribution in [2.24, 2.45) is 5.92 Å². The standard InChI is InChI=1S/C22H21NO4/c24-21-13-18(14-23(21)11-10-16-6-2-1-3-7-16)22(25)26-15-19-12-17-8-4-5-9-20(17)27-19/h1-9,12,18H,10-11,13-15H2. The summed E-state index contributed by atoms with van der Waals surface area (Å²) in [6.45, 7) is 1.13. The van der Waals surface area contributed by atoms with Crippen LogP contribution in [-0.2, 0) is 27.4 Å². The molecule has 3 aromatic rings. The predicted molar refractivity (Wildman–Crippen MR) is 101 cm³/mol. The van der Waals surface area contributed by atoms with Gasteiger partial charge in [0.05, 0.1) is 5.92 Å². The maximum absolute atomic E-state index is 12.4. The molecule has 2 aromatic carbocycles. The van der Waals surface area contributed by atoms with Gasteiger partial charge in [-0.3, -0.25) is 9.59 Å². The van der Waals surface area contributed by atoms with E-state index < -0.39 is 5.92 Å². The predicted octanol–water partition coefficient (Wildman–Crippen LogP) is 3.57. The van der Waals surface area contributed by atoms with E-state index in [-0.39, 0.29) is 24.9 Å². The smallest absolute Gasteiger partial charge is 0.311 e. The summed E-state index contributed by atoms with van der Waals surface area (Å²) in [6.07, 6.45) is 1.00. The van der Waals surface area contributed by atoms with Gasteiger partial charge in [0.25, 0.3) is 0 Å². The zero-order valence-electron chi connectivity index (χ0n) is 15.0. The molecule has 0 bridgehead atoms. The van der Waals surface area contributed by atoms with Crippen molar-refractivity contribution in [2.45, 2.75) is 19.4 Å². The first-order valence-electron chi connectivity index (χ1n) is 9.15. The Kier molecular flexibility index (Phi) is 4.92. The largest absolute Gasteiger partial charge is 0.457 e. The SMILES string of the molecule is O=C(OCc1cc2ccccc2o1)C1CC(=O)N(CCc2ccccc2)C1. The van der Waals surface area contributed by atoms with Gasteiger partial charge in [-0.2, -0.15) is 0 Å². The van der Waals surface area contributed by atoms with E-state index in [4.69, 9.17) is 9.15 Å². The van der Waals surface area contributed by atoms with Crippen LogP contribution in [-0.4, -0.2) is 29.9 Å². The first kappa shape index (κ1) is 17.3. The first-order valence-corrected chi connectivity index (χ1v) is 9.15. The van der Waals surface area contributed by atoms with Gasteiger partial charge in [-0.15, -0.1) is 0 Å². The molecule has 4 rings (SSSR count). The van der Waals surface area contributed by atoms with Gasteiger partial charge in [0.15, 0.2) is 0 Å². The molecule has 5 nitrogen and oxygen atoms in total. The zero-order chi connectivity index (χ0) is 18.6. The maximum atomic E-state index is 12.4. The van der Waals surface area contributed by atoms with Crippen molar-refractivity contribution in [3.8, 4) is 0 Å². The molecule has 27 heavy (non-hydrogen) atoms. The van der Waals surface area contributed by atoms with Crippen LogP contribution in [0.4, 0.5) is 0 Å². The number of para-hydroxylation sites is 1. The molecular formula is C22H21NO4. The Hall–Kier alpha value is -3.08. The fourth-order valence-electron chi connectivity index (χ4n) is 3.42. The van der Waals surface area contributed by atoms with Crippen molar-refractivity contribution < 1.29 is 18.7 Å². The Morgan fingerprint density at radius 3 is 2.70 bits per heavy atom. The summed E-state index contributed by atoms with van der Waals surface area (Å²) in [5, 5.41) is 0.978. The molecule has 0 saturated carbocycles. The number of nitrogens with zero attached hydrogens (tertiary/aromatic N) is 1. The van der Waals surface area contributed by atoms with Crippen LogP contribution in [0.5, 0.6) is 0 Å². The molecule has 5 heteroatoms. The zero-order valence-corrected chi connectivity index (χ0v) is 15.0. The van der Waals surface area contributed by atoms with Crippen LogP contribution >= 0.6 is 0 Å². The molecule has 1 aromatic heterocycles. The highest BCUT2D eigenvalue weighted by Gasteiger charge is 2.35. The summed E-state index contributed by atoms with van der Waals surface area (Å²) >= 11 is 0. The lowest BCUT2D eigenvalue weighted by Gasteiger charge is -2.16. The molecule has 0 aliphatic carbocycles. The molecule has 1 saturated heterocycles. The van der Waals surface area contributed by atoms with Gasteiger partial charge < -0.3 is 14.1 Å². The molecule has 138 valence electrons. The number of benzene rings is 2. The maximum Gasteiger partial charge on any atom is 0.311 e. The Labute approximate surface area is 157 Å². The van der Waals surface area contributed by atoms with E-state index in [1.807, 2.05) is 60.7 Å². The number of hydrogen-bond acceptors (Lipinski definition) is 4. The van der Waals surface area contributed by atoms with Gasteiger partial charge >= 0.3 is 5.97 Å². The van der Waals surface area contributed by atoms with Crippen molar-refractivity contribution in [3.05, 3.63) is 72.0 Å². The molecule has 1 aliphatic heterocycles. The third kappa shape index (κ3) is 4.03. The second kappa shape index (κ2) is 7.66. The average molecular weight is 363 g/mol. The summed E-state index contributed by atoms with van der Waals surface area (Å²) < 4.78 is 11.0. The Morgan fingerprint density at radius 1 is 1.11 bits per heavy atom. The van der Waals surface area contributed by atoms with E-state index >= 15 is 0 Å². The topological polar surface area (TPSA) is 59.8 Å². The molecule has 2 heterocycles. The number of rotatable bonds is 6. The van der Waals surface area contributed by atoms with Gasteiger partial charge in [0, 0.05) is 24.9 Å². The third-order valence-electron chi connectivity index (χ3n) is 4.89. The summed E-state index contributed by atoms with van der Waals surface area (Å²) in [7, 11) is 0. The van der Waals surface area contributed by atoms with Crippen LogP contribution in [0.2, 0.25) is 0 Å². The van der Waals surface area contributed by atoms with Crippen LogP contribution in [0.25, 0.3) is 11.0 Å². The van der Waals surface area contributed by atoms with E-state index in [1.165, 1.54) is 5.56 Å². The van der Waals surface area contributed by atoms with Gasteiger partial charge in [-0.25, -0.2) is 0 Å². The minimum Gasteiger partial charge on any atom is -0.457 e. The lowest BCUT2D eigenvalue weighted by atomic mass is 10.1. The van der Waals surface area contributed by atoms with Crippen molar-refractivity contribution in [2.75, 3.05) is 13.1 Å². The van der Waals surface area contributed by atoms with Crippen LogP contribution in [0.3, 0.4) is 0 Å². The molecule has 0 spiro atoms. The van der Waals surface area contributed by atoms with E-state index in [2.05, 4.69) is 0 Å². The van der Waals surface area contributed by atoms with Crippen molar-refractivity contribution in [3.63, 3.8) is 0 Å². The number of hydrogen-bond donors (Lipinski definition) is 0. The highest BCUT2D eigenvalue weighted by molar-refractivity contribution is 5.86. The first-order chi connectivity index (χ1) is 13.2. The molecular weight excluding hydrogens is 342 g/mol. The minimum atomic E-state index is -0.405. The van der Waals surface area contributed by atoms with Crippen molar-refractivity contribution in [1.29, 1.82) is 0 Å². The fraction of sp³-hybridized carbons (Fsp3) is 0.273. The number of ether oxygens (including phenoxy) is 1. The summed E-state index contributed by atoms with van der Waals surface area (Å²) in [5.41, 5.74) is 1.95. The second-order valence-electron chi connectivity index (χ2n) is 6.83. The number of likely N-dealkylation sites (tertiary alicyclic amines) is 1. The highest BCUT2D eigenvalue weighted by Crippen LogP contribution is 2.22. The average Bonchev–Trinajstić information content (AvgIpc) is 3.28. The molecule has 1 fully saturated rings. The van der Waals surface area contributed by atoms with Gasteiger partial charge in [0.2, 0.25) is 5.91 Å². The summed E-state index contributed by atoms with van der Waals surface area (Å²) in [6, 6.07) is 19.5. The third-order valence-corrected chi connectivity index (χ3v) is 4.89. The van der Waals surface area contributed by atoms with Crippen molar-refractivity contribution in [1.82, 2.24) is 4.90 Å². The lowest BCUT2D eigenvalue weighted by Crippen LogP contribution is -2.28. The normalized spacial score (nSPS) is 16.8. The molecule has 0 N–H and O–H groups in total. The van der Waals surface area contributed by atoms with Crippen LogP contribution in [0.1, 0.15) is 17.7 Å². The number of fused-ring (bicyclic) bond motifs is 1. The van der Waals surface area contributed by atoms with Gasteiger partial charge in [-0.1, -0.05) is 48.5 Å². The Bertz CT molecular complexity index is 914. The lowest BCUT2D eigenvalue weighted by molar-refractivity contribution is -0.150. The molecule has 0 radical (unpaired) electrons.